The molecule has 0 atom stereocenters. The van der Waals surface area contributed by atoms with Crippen molar-refractivity contribution in [1.29, 1.82) is 0 Å². The van der Waals surface area contributed by atoms with Gasteiger partial charge < -0.3 is 14.2 Å². The predicted octanol–water partition coefficient (Wildman–Crippen LogP) is 5.61. The van der Waals surface area contributed by atoms with Crippen LogP contribution < -0.4 is 10.3 Å². The van der Waals surface area contributed by atoms with Crippen LogP contribution in [0.15, 0.2) is 78.5 Å². The highest BCUT2D eigenvalue weighted by atomic mass is 35.5. The fourth-order valence-corrected chi connectivity index (χ4v) is 4.26. The van der Waals surface area contributed by atoms with Crippen LogP contribution in [0, 0.1) is 12.7 Å². The molecule has 0 aliphatic rings. The number of allylic oxidation sites excluding steroid dienone is 2. The van der Waals surface area contributed by atoms with Gasteiger partial charge in [0.25, 0.3) is 5.56 Å². The number of rotatable bonds is 8. The van der Waals surface area contributed by atoms with Crippen LogP contribution in [0.2, 0.25) is 5.02 Å². The molecule has 184 valence electrons. The van der Waals surface area contributed by atoms with Gasteiger partial charge in [0, 0.05) is 66.7 Å². The number of nitrogens with zero attached hydrogens (tertiary/aromatic N) is 4. The van der Waals surface area contributed by atoms with Gasteiger partial charge in [-0.2, -0.15) is 0 Å². The monoisotopic (exact) mass is 504 g/mol. The second-order valence-corrected chi connectivity index (χ2v) is 8.91. The fourth-order valence-electron chi connectivity index (χ4n) is 4.03. The molecule has 0 unspecified atom stereocenters. The van der Waals surface area contributed by atoms with Crippen molar-refractivity contribution in [2.24, 2.45) is 0 Å². The molecule has 0 aliphatic heterocycles. The average Bonchev–Trinajstić information content (AvgIpc) is 2.84. The first-order valence-corrected chi connectivity index (χ1v) is 11.7. The number of aromatic nitrogens is 3. The van der Waals surface area contributed by atoms with E-state index in [2.05, 4.69) is 11.6 Å². The topological polar surface area (TPSA) is 60.3 Å². The Bertz CT molecular complexity index is 1530. The van der Waals surface area contributed by atoms with E-state index in [1.165, 1.54) is 16.8 Å². The van der Waals surface area contributed by atoms with Gasteiger partial charge in [-0.15, -0.1) is 0 Å². The second-order valence-electron chi connectivity index (χ2n) is 8.51. The Labute approximate surface area is 214 Å². The van der Waals surface area contributed by atoms with Gasteiger partial charge >= 0.3 is 0 Å². The van der Waals surface area contributed by atoms with Crippen LogP contribution in [0.25, 0.3) is 16.6 Å². The molecule has 0 spiro atoms. The highest BCUT2D eigenvalue weighted by Crippen LogP contribution is 2.32. The Hall–Kier alpha value is -3.97. The molecule has 36 heavy (non-hydrogen) atoms. The molecule has 3 aromatic heterocycles. The third-order valence-corrected chi connectivity index (χ3v) is 6.04. The van der Waals surface area contributed by atoms with Gasteiger partial charge in [-0.1, -0.05) is 36.4 Å². The number of hydrogen-bond donors (Lipinski definition) is 0. The SMILES string of the molecule is C=C/C=C(/c1cc(C)nc2c(OCc3c(Cl)cncc3Cn3cc(F)ccc3=O)cccc12)N(C)C. The van der Waals surface area contributed by atoms with Crippen LogP contribution in [-0.2, 0) is 13.2 Å². The average molecular weight is 505 g/mol. The zero-order chi connectivity index (χ0) is 25.8. The summed E-state index contributed by atoms with van der Waals surface area (Å²) in [6.45, 7) is 6.01. The Morgan fingerprint density at radius 3 is 2.81 bits per heavy atom. The number of aryl methyl sites for hydroxylation is 1. The Morgan fingerprint density at radius 1 is 1.25 bits per heavy atom. The smallest absolute Gasteiger partial charge is 0.251 e. The highest BCUT2D eigenvalue weighted by molar-refractivity contribution is 6.31. The molecule has 1 aromatic carbocycles. The van der Waals surface area contributed by atoms with E-state index in [4.69, 9.17) is 21.3 Å². The van der Waals surface area contributed by atoms with Gasteiger partial charge in [0.15, 0.2) is 0 Å². The molecule has 0 amide bonds. The van der Waals surface area contributed by atoms with Crippen molar-refractivity contribution < 1.29 is 9.13 Å². The standard InChI is InChI=1S/C28H26ClFN4O2/c1-5-7-25(33(3)4)22-12-18(2)32-28-21(22)8-6-9-26(28)36-17-23-19(13-31-14-24(23)29)15-34-16-20(30)10-11-27(34)35/h5-14,16H,1,15,17H2,2-4H3/b25-7-. The van der Waals surface area contributed by atoms with Crippen molar-refractivity contribution in [3.63, 3.8) is 0 Å². The van der Waals surface area contributed by atoms with E-state index in [1.807, 2.05) is 56.3 Å². The van der Waals surface area contributed by atoms with Crippen LogP contribution >= 0.6 is 11.6 Å². The van der Waals surface area contributed by atoms with Crippen molar-refractivity contribution in [3.8, 4) is 5.75 Å². The summed E-state index contributed by atoms with van der Waals surface area (Å²) in [5, 5.41) is 1.33. The van der Waals surface area contributed by atoms with E-state index in [0.29, 0.717) is 21.9 Å². The van der Waals surface area contributed by atoms with E-state index in [9.17, 15) is 9.18 Å². The number of halogens is 2. The molecular weight excluding hydrogens is 479 g/mol. The van der Waals surface area contributed by atoms with Crippen molar-refractivity contribution in [2.75, 3.05) is 14.1 Å². The summed E-state index contributed by atoms with van der Waals surface area (Å²) in [6.07, 6.45) is 8.00. The lowest BCUT2D eigenvalue weighted by Gasteiger charge is -2.20. The van der Waals surface area contributed by atoms with Gasteiger partial charge in [0.2, 0.25) is 0 Å². The highest BCUT2D eigenvalue weighted by Gasteiger charge is 2.15. The number of hydrogen-bond acceptors (Lipinski definition) is 5. The number of ether oxygens (including phenoxy) is 1. The fraction of sp³-hybridized carbons (Fsp3) is 0.179. The predicted molar refractivity (Wildman–Crippen MR) is 142 cm³/mol. The van der Waals surface area contributed by atoms with E-state index in [-0.39, 0.29) is 18.7 Å². The lowest BCUT2D eigenvalue weighted by Crippen LogP contribution is -2.20. The quantitative estimate of drug-likeness (QED) is 0.292. The Balaban J connectivity index is 1.72. The van der Waals surface area contributed by atoms with Crippen LogP contribution in [-0.4, -0.2) is 33.5 Å². The normalized spacial score (nSPS) is 11.5. The van der Waals surface area contributed by atoms with E-state index in [1.54, 1.807) is 12.3 Å². The van der Waals surface area contributed by atoms with Gasteiger partial charge in [-0.3, -0.25) is 9.78 Å². The molecular formula is C28H26ClFN4O2. The first-order valence-electron chi connectivity index (χ1n) is 11.3. The van der Waals surface area contributed by atoms with Gasteiger partial charge in [0.05, 0.1) is 11.6 Å². The minimum Gasteiger partial charge on any atom is -0.487 e. The minimum absolute atomic E-state index is 0.110. The second kappa shape index (κ2) is 10.7. The maximum Gasteiger partial charge on any atom is 0.251 e. The molecule has 4 rings (SSSR count). The molecule has 0 bridgehead atoms. The summed E-state index contributed by atoms with van der Waals surface area (Å²) in [5.41, 5.74) is 4.57. The maximum absolute atomic E-state index is 13.7. The van der Waals surface area contributed by atoms with Crippen LogP contribution in [0.5, 0.6) is 5.75 Å². The van der Waals surface area contributed by atoms with Crippen LogP contribution in [0.1, 0.15) is 22.4 Å². The molecule has 0 aliphatic carbocycles. The number of para-hydroxylation sites is 1. The summed E-state index contributed by atoms with van der Waals surface area (Å²) >= 11 is 6.47. The Kier molecular flexibility index (Phi) is 7.50. The summed E-state index contributed by atoms with van der Waals surface area (Å²) < 4.78 is 21.2. The summed E-state index contributed by atoms with van der Waals surface area (Å²) in [6, 6.07) is 10.1. The third kappa shape index (κ3) is 5.31. The number of benzene rings is 1. The molecule has 4 aromatic rings. The van der Waals surface area contributed by atoms with Crippen LogP contribution in [0.4, 0.5) is 4.39 Å². The zero-order valence-corrected chi connectivity index (χ0v) is 21.1. The van der Waals surface area contributed by atoms with Gasteiger partial charge in [-0.25, -0.2) is 9.37 Å². The van der Waals surface area contributed by atoms with Gasteiger partial charge in [0.1, 0.15) is 23.7 Å². The lowest BCUT2D eigenvalue weighted by atomic mass is 10.0. The van der Waals surface area contributed by atoms with Crippen molar-refractivity contribution in [2.45, 2.75) is 20.1 Å². The number of pyridine rings is 3. The Morgan fingerprint density at radius 2 is 2.06 bits per heavy atom. The maximum atomic E-state index is 13.7. The number of fused-ring (bicyclic) bond motifs is 1. The minimum atomic E-state index is -0.502. The third-order valence-electron chi connectivity index (χ3n) is 5.72. The largest absolute Gasteiger partial charge is 0.487 e. The van der Waals surface area contributed by atoms with Crippen molar-refractivity contribution in [3.05, 3.63) is 117 Å². The summed E-state index contributed by atoms with van der Waals surface area (Å²) in [7, 11) is 3.96. The van der Waals surface area contributed by atoms with Crippen molar-refractivity contribution >= 4 is 28.2 Å². The lowest BCUT2D eigenvalue weighted by molar-refractivity contribution is 0.307. The molecule has 0 saturated heterocycles. The first-order chi connectivity index (χ1) is 17.3. The molecule has 0 saturated carbocycles. The van der Waals surface area contributed by atoms with E-state index in [0.717, 1.165) is 40.1 Å². The van der Waals surface area contributed by atoms with Crippen molar-refractivity contribution in [1.82, 2.24) is 19.4 Å². The molecule has 3 heterocycles. The molecule has 0 fully saturated rings. The van der Waals surface area contributed by atoms with Crippen LogP contribution in [0.3, 0.4) is 0 Å². The molecule has 8 heteroatoms. The summed E-state index contributed by atoms with van der Waals surface area (Å²) in [5.74, 6) is 0.0916. The van der Waals surface area contributed by atoms with E-state index < -0.39 is 5.82 Å². The molecule has 0 N–H and O–H groups in total. The first kappa shape index (κ1) is 25.1. The molecule has 0 radical (unpaired) electrons. The van der Waals surface area contributed by atoms with Gasteiger partial charge in [-0.05, 0) is 36.8 Å². The molecule has 6 nitrogen and oxygen atoms in total. The summed E-state index contributed by atoms with van der Waals surface area (Å²) in [4.78, 5) is 23.1. The van der Waals surface area contributed by atoms with E-state index >= 15 is 0 Å². The zero-order valence-electron chi connectivity index (χ0n) is 20.3.